The maximum Gasteiger partial charge on any atom is 0.244 e. The number of aryl methyl sites for hydroxylation is 2. The number of benzene rings is 2. The van der Waals surface area contributed by atoms with E-state index in [0.717, 1.165) is 33.6 Å². The molecule has 0 spiro atoms. The van der Waals surface area contributed by atoms with Crippen LogP contribution >= 0.6 is 0 Å². The van der Waals surface area contributed by atoms with Gasteiger partial charge >= 0.3 is 0 Å². The van der Waals surface area contributed by atoms with Gasteiger partial charge in [0.05, 0.1) is 28.4 Å². The standard InChI is InChI=1S/C20H19N5O3/c1-12-22-15-8-18-19(28-6-5-27-18)9-17(15)25(12)10-20(26)23-13-3-4-14-16(7-13)24(2)11-21-14/h3-4,7-9,11H,5-6,10H2,1-2H3,(H,23,26). The van der Waals surface area contributed by atoms with Gasteiger partial charge in [0, 0.05) is 24.9 Å². The fourth-order valence-electron chi connectivity index (χ4n) is 3.53. The molecule has 0 saturated heterocycles. The molecule has 0 atom stereocenters. The zero-order valence-electron chi connectivity index (χ0n) is 15.6. The molecule has 0 bridgehead atoms. The molecule has 1 aliphatic heterocycles. The highest BCUT2D eigenvalue weighted by Gasteiger charge is 2.18. The number of rotatable bonds is 3. The van der Waals surface area contributed by atoms with Crippen LogP contribution in [0.4, 0.5) is 5.69 Å². The first kappa shape index (κ1) is 16.6. The molecule has 0 aliphatic carbocycles. The van der Waals surface area contributed by atoms with Crippen molar-refractivity contribution in [1.29, 1.82) is 0 Å². The SMILES string of the molecule is Cc1nc2cc3c(cc2n1CC(=O)Nc1ccc2ncn(C)c2c1)OCCO3. The highest BCUT2D eigenvalue weighted by Crippen LogP contribution is 2.34. The predicted octanol–water partition coefficient (Wildman–Crippen LogP) is 2.64. The normalized spacial score (nSPS) is 13.2. The van der Waals surface area contributed by atoms with Crippen molar-refractivity contribution >= 4 is 33.7 Å². The van der Waals surface area contributed by atoms with Gasteiger partial charge in [-0.2, -0.15) is 0 Å². The second-order valence-corrected chi connectivity index (χ2v) is 6.84. The Labute approximate surface area is 160 Å². The number of carbonyl (C=O) groups excluding carboxylic acids is 1. The van der Waals surface area contributed by atoms with Crippen molar-refractivity contribution in [3.8, 4) is 11.5 Å². The second-order valence-electron chi connectivity index (χ2n) is 6.84. The molecular weight excluding hydrogens is 358 g/mol. The highest BCUT2D eigenvalue weighted by atomic mass is 16.6. The predicted molar refractivity (Wildman–Crippen MR) is 105 cm³/mol. The summed E-state index contributed by atoms with van der Waals surface area (Å²) >= 11 is 0. The van der Waals surface area contributed by atoms with Crippen molar-refractivity contribution in [3.63, 3.8) is 0 Å². The molecule has 0 unspecified atom stereocenters. The third-order valence-electron chi connectivity index (χ3n) is 4.91. The van der Waals surface area contributed by atoms with Crippen LogP contribution in [-0.4, -0.2) is 38.2 Å². The van der Waals surface area contributed by atoms with Gasteiger partial charge in [-0.25, -0.2) is 9.97 Å². The van der Waals surface area contributed by atoms with E-state index in [1.54, 1.807) is 6.33 Å². The summed E-state index contributed by atoms with van der Waals surface area (Å²) in [5, 5.41) is 2.96. The number of aromatic nitrogens is 4. The lowest BCUT2D eigenvalue weighted by molar-refractivity contribution is -0.116. The van der Waals surface area contributed by atoms with Crippen LogP contribution in [0.2, 0.25) is 0 Å². The molecule has 28 heavy (non-hydrogen) atoms. The first-order valence-corrected chi connectivity index (χ1v) is 9.06. The minimum atomic E-state index is -0.126. The van der Waals surface area contributed by atoms with Crippen molar-refractivity contribution < 1.29 is 14.3 Å². The van der Waals surface area contributed by atoms with Gasteiger partial charge in [0.1, 0.15) is 25.6 Å². The Morgan fingerprint density at radius 3 is 2.71 bits per heavy atom. The summed E-state index contributed by atoms with van der Waals surface area (Å²) in [6.07, 6.45) is 1.75. The van der Waals surface area contributed by atoms with E-state index >= 15 is 0 Å². The van der Waals surface area contributed by atoms with E-state index in [-0.39, 0.29) is 12.5 Å². The maximum absolute atomic E-state index is 12.7. The minimum absolute atomic E-state index is 0.126. The quantitative estimate of drug-likeness (QED) is 0.593. The molecule has 2 aromatic carbocycles. The topological polar surface area (TPSA) is 83.2 Å². The lowest BCUT2D eigenvalue weighted by Gasteiger charge is -2.18. The zero-order chi connectivity index (χ0) is 19.3. The number of nitrogens with one attached hydrogen (secondary N) is 1. The average molecular weight is 377 g/mol. The Morgan fingerprint density at radius 1 is 1.11 bits per heavy atom. The van der Waals surface area contributed by atoms with E-state index in [2.05, 4.69) is 15.3 Å². The monoisotopic (exact) mass is 377 g/mol. The summed E-state index contributed by atoms with van der Waals surface area (Å²) in [6, 6.07) is 9.42. The van der Waals surface area contributed by atoms with E-state index in [1.807, 2.05) is 53.4 Å². The number of imidazole rings is 2. The Kier molecular flexibility index (Phi) is 3.71. The largest absolute Gasteiger partial charge is 0.486 e. The molecule has 8 nitrogen and oxygen atoms in total. The third-order valence-corrected chi connectivity index (χ3v) is 4.91. The lowest BCUT2D eigenvalue weighted by Crippen LogP contribution is -2.19. The Hall–Kier alpha value is -3.55. The summed E-state index contributed by atoms with van der Waals surface area (Å²) in [6.45, 7) is 3.09. The lowest BCUT2D eigenvalue weighted by atomic mass is 10.2. The highest BCUT2D eigenvalue weighted by molar-refractivity contribution is 5.94. The van der Waals surface area contributed by atoms with Crippen LogP contribution in [-0.2, 0) is 18.4 Å². The molecule has 8 heteroatoms. The number of ether oxygens (including phenoxy) is 2. The van der Waals surface area contributed by atoms with Crippen LogP contribution in [0.15, 0.2) is 36.7 Å². The molecule has 142 valence electrons. The van der Waals surface area contributed by atoms with Crippen LogP contribution in [0.25, 0.3) is 22.1 Å². The average Bonchev–Trinajstić information content (AvgIpc) is 3.20. The number of nitrogens with zero attached hydrogens (tertiary/aromatic N) is 4. The van der Waals surface area contributed by atoms with Gasteiger partial charge in [-0.3, -0.25) is 4.79 Å². The first-order chi connectivity index (χ1) is 13.6. The molecule has 1 N–H and O–H groups in total. The zero-order valence-corrected chi connectivity index (χ0v) is 15.6. The molecule has 0 fully saturated rings. The molecule has 5 rings (SSSR count). The number of fused-ring (bicyclic) bond motifs is 3. The van der Waals surface area contributed by atoms with E-state index in [1.165, 1.54) is 0 Å². The smallest absolute Gasteiger partial charge is 0.244 e. The van der Waals surface area contributed by atoms with Crippen LogP contribution in [0.1, 0.15) is 5.82 Å². The summed E-state index contributed by atoms with van der Waals surface area (Å²) in [7, 11) is 1.92. The molecule has 1 amide bonds. The van der Waals surface area contributed by atoms with Crippen molar-refractivity contribution in [2.45, 2.75) is 13.5 Å². The number of amides is 1. The van der Waals surface area contributed by atoms with Gasteiger partial charge in [0.25, 0.3) is 0 Å². The van der Waals surface area contributed by atoms with E-state index in [0.29, 0.717) is 24.7 Å². The molecule has 3 heterocycles. The summed E-state index contributed by atoms with van der Waals surface area (Å²) in [5.74, 6) is 2.01. The fraction of sp³-hybridized carbons (Fsp3) is 0.250. The van der Waals surface area contributed by atoms with Gasteiger partial charge in [0.15, 0.2) is 11.5 Å². The number of hydrogen-bond donors (Lipinski definition) is 1. The molecule has 2 aromatic heterocycles. The van der Waals surface area contributed by atoms with Gasteiger partial charge < -0.3 is 23.9 Å². The van der Waals surface area contributed by atoms with E-state index < -0.39 is 0 Å². The van der Waals surface area contributed by atoms with Gasteiger partial charge in [-0.1, -0.05) is 0 Å². The summed E-state index contributed by atoms with van der Waals surface area (Å²) in [4.78, 5) is 21.5. The molecule has 0 saturated carbocycles. The Morgan fingerprint density at radius 2 is 1.89 bits per heavy atom. The number of anilines is 1. The van der Waals surface area contributed by atoms with E-state index in [4.69, 9.17) is 9.47 Å². The molecule has 4 aromatic rings. The van der Waals surface area contributed by atoms with Gasteiger partial charge in [-0.15, -0.1) is 0 Å². The second kappa shape index (κ2) is 6.26. The van der Waals surface area contributed by atoms with Crippen LogP contribution in [0, 0.1) is 6.92 Å². The van der Waals surface area contributed by atoms with Crippen LogP contribution in [0.3, 0.4) is 0 Å². The van der Waals surface area contributed by atoms with Crippen molar-refractivity contribution in [2.75, 3.05) is 18.5 Å². The van der Waals surface area contributed by atoms with Crippen LogP contribution in [0.5, 0.6) is 11.5 Å². The minimum Gasteiger partial charge on any atom is -0.486 e. The number of hydrogen-bond acceptors (Lipinski definition) is 5. The summed E-state index contributed by atoms with van der Waals surface area (Å²) in [5.41, 5.74) is 4.22. The molecule has 1 aliphatic rings. The molecular formula is C20H19N5O3. The fourth-order valence-corrected chi connectivity index (χ4v) is 3.53. The molecule has 0 radical (unpaired) electrons. The first-order valence-electron chi connectivity index (χ1n) is 9.06. The summed E-state index contributed by atoms with van der Waals surface area (Å²) < 4.78 is 15.1. The van der Waals surface area contributed by atoms with Crippen LogP contribution < -0.4 is 14.8 Å². The van der Waals surface area contributed by atoms with Gasteiger partial charge in [-0.05, 0) is 25.1 Å². The third kappa shape index (κ3) is 2.74. The van der Waals surface area contributed by atoms with Gasteiger partial charge in [0.2, 0.25) is 5.91 Å². The number of carbonyl (C=O) groups is 1. The van der Waals surface area contributed by atoms with E-state index in [9.17, 15) is 4.79 Å². The van der Waals surface area contributed by atoms with Crippen molar-refractivity contribution in [2.24, 2.45) is 7.05 Å². The maximum atomic E-state index is 12.7. The Bertz CT molecular complexity index is 1220. The van der Waals surface area contributed by atoms with Crippen molar-refractivity contribution in [3.05, 3.63) is 42.5 Å². The Balaban J connectivity index is 1.43. The van der Waals surface area contributed by atoms with Crippen molar-refractivity contribution in [1.82, 2.24) is 19.1 Å².